The molecule has 0 spiro atoms. The smallest absolute Gasteiger partial charge is 0.0413 e. The summed E-state index contributed by atoms with van der Waals surface area (Å²) in [4.78, 5) is 2.67. The Morgan fingerprint density at radius 3 is 2.62 bits per heavy atom. The van der Waals surface area contributed by atoms with Crippen molar-refractivity contribution in [2.24, 2.45) is 11.7 Å². The van der Waals surface area contributed by atoms with E-state index in [0.29, 0.717) is 0 Å². The fraction of sp³-hybridized carbons (Fsp3) is 0.667. The molecular weight excluding hydrogens is 324 g/mol. The lowest BCUT2D eigenvalue weighted by molar-refractivity contribution is 0.527. The number of benzene rings is 1. The minimum Gasteiger partial charge on any atom is -0.368 e. The largest absolute Gasteiger partial charge is 0.368 e. The van der Waals surface area contributed by atoms with Crippen LogP contribution in [0.15, 0.2) is 22.7 Å². The predicted octanol–water partition coefficient (Wildman–Crippen LogP) is 4.75. The first-order chi connectivity index (χ1) is 10.1. The van der Waals surface area contributed by atoms with Crippen molar-refractivity contribution in [3.8, 4) is 0 Å². The molecule has 1 saturated carbocycles. The summed E-state index contributed by atoms with van der Waals surface area (Å²) < 4.78 is 1.17. The maximum absolute atomic E-state index is 5.81. The molecule has 0 aliphatic heterocycles. The molecule has 0 aromatic heterocycles. The van der Waals surface area contributed by atoms with E-state index in [-0.39, 0.29) is 0 Å². The molecule has 1 aromatic rings. The Hall–Kier alpha value is -0.540. The average molecular weight is 353 g/mol. The van der Waals surface area contributed by atoms with Crippen LogP contribution in [0.2, 0.25) is 0 Å². The molecule has 0 bridgehead atoms. The molecule has 0 heterocycles. The van der Waals surface area contributed by atoms with Gasteiger partial charge in [0.1, 0.15) is 0 Å². The number of anilines is 1. The quantitative estimate of drug-likeness (QED) is 0.767. The second kappa shape index (κ2) is 8.19. The second-order valence-electron chi connectivity index (χ2n) is 6.63. The summed E-state index contributed by atoms with van der Waals surface area (Å²) in [6.07, 6.45) is 7.66. The number of hydrogen-bond donors (Lipinski definition) is 1. The first-order valence-corrected chi connectivity index (χ1v) is 9.16. The van der Waals surface area contributed by atoms with Crippen molar-refractivity contribution >= 4 is 21.6 Å². The SMILES string of the molecule is CC(C)CCN(c1cc(Br)ccc1CCN)C1CCCC1. The first-order valence-electron chi connectivity index (χ1n) is 8.37. The maximum Gasteiger partial charge on any atom is 0.0413 e. The van der Waals surface area contributed by atoms with E-state index in [1.807, 2.05) is 0 Å². The highest BCUT2D eigenvalue weighted by molar-refractivity contribution is 9.10. The van der Waals surface area contributed by atoms with Gasteiger partial charge in [0.15, 0.2) is 0 Å². The zero-order valence-electron chi connectivity index (χ0n) is 13.4. The Kier molecular flexibility index (Phi) is 6.56. The third kappa shape index (κ3) is 4.72. The van der Waals surface area contributed by atoms with Crippen molar-refractivity contribution in [1.29, 1.82) is 0 Å². The van der Waals surface area contributed by atoms with Gasteiger partial charge in [0.05, 0.1) is 0 Å². The van der Waals surface area contributed by atoms with E-state index >= 15 is 0 Å². The van der Waals surface area contributed by atoms with Gasteiger partial charge in [-0.1, -0.05) is 48.7 Å². The van der Waals surface area contributed by atoms with Crippen LogP contribution in [0, 0.1) is 5.92 Å². The van der Waals surface area contributed by atoms with Crippen LogP contribution in [0.5, 0.6) is 0 Å². The molecule has 0 unspecified atom stereocenters. The fourth-order valence-electron chi connectivity index (χ4n) is 3.28. The van der Waals surface area contributed by atoms with Crippen LogP contribution in [-0.4, -0.2) is 19.1 Å². The van der Waals surface area contributed by atoms with E-state index in [1.165, 1.54) is 47.8 Å². The summed E-state index contributed by atoms with van der Waals surface area (Å²) in [5.41, 5.74) is 8.62. The fourth-order valence-corrected chi connectivity index (χ4v) is 3.63. The molecule has 2 rings (SSSR count). The van der Waals surface area contributed by atoms with Crippen LogP contribution >= 0.6 is 15.9 Å². The molecule has 1 fully saturated rings. The molecule has 0 amide bonds. The molecule has 118 valence electrons. The van der Waals surface area contributed by atoms with Crippen molar-refractivity contribution in [2.45, 2.75) is 58.4 Å². The Balaban J connectivity index is 2.27. The molecule has 0 radical (unpaired) electrons. The van der Waals surface area contributed by atoms with Gasteiger partial charge in [0.2, 0.25) is 0 Å². The summed E-state index contributed by atoms with van der Waals surface area (Å²) in [5.74, 6) is 0.749. The van der Waals surface area contributed by atoms with Gasteiger partial charge in [-0.15, -0.1) is 0 Å². The Labute approximate surface area is 138 Å². The van der Waals surface area contributed by atoms with Gasteiger partial charge < -0.3 is 10.6 Å². The maximum atomic E-state index is 5.81. The third-order valence-corrected chi connectivity index (χ3v) is 4.98. The lowest BCUT2D eigenvalue weighted by atomic mass is 10.0. The molecule has 2 N–H and O–H groups in total. The van der Waals surface area contributed by atoms with Gasteiger partial charge in [0.25, 0.3) is 0 Å². The van der Waals surface area contributed by atoms with Crippen molar-refractivity contribution in [3.63, 3.8) is 0 Å². The molecule has 1 aromatic carbocycles. The lowest BCUT2D eigenvalue weighted by Gasteiger charge is -2.34. The molecular formula is C18H29BrN2. The standard InChI is InChI=1S/C18H29BrN2/c1-14(2)10-12-21(17-5-3-4-6-17)18-13-16(19)8-7-15(18)9-11-20/h7-8,13-14,17H,3-6,9-12,20H2,1-2H3. The predicted molar refractivity (Wildman–Crippen MR) is 96.0 cm³/mol. The van der Waals surface area contributed by atoms with Crippen molar-refractivity contribution in [2.75, 3.05) is 18.0 Å². The van der Waals surface area contributed by atoms with Crippen LogP contribution in [-0.2, 0) is 6.42 Å². The van der Waals surface area contributed by atoms with E-state index < -0.39 is 0 Å². The molecule has 1 aliphatic rings. The molecule has 0 atom stereocenters. The minimum absolute atomic E-state index is 0.717. The average Bonchev–Trinajstić information content (AvgIpc) is 2.96. The number of hydrogen-bond acceptors (Lipinski definition) is 2. The first kappa shape index (κ1) is 16.8. The van der Waals surface area contributed by atoms with Crippen LogP contribution < -0.4 is 10.6 Å². The van der Waals surface area contributed by atoms with Gasteiger partial charge in [-0.3, -0.25) is 0 Å². The van der Waals surface area contributed by atoms with Crippen molar-refractivity contribution in [3.05, 3.63) is 28.2 Å². The Morgan fingerprint density at radius 1 is 1.29 bits per heavy atom. The normalized spacial score (nSPS) is 15.9. The van der Waals surface area contributed by atoms with Gasteiger partial charge >= 0.3 is 0 Å². The van der Waals surface area contributed by atoms with Gasteiger partial charge in [-0.25, -0.2) is 0 Å². The Bertz CT molecular complexity index is 439. The molecule has 3 heteroatoms. The van der Waals surface area contributed by atoms with Gasteiger partial charge in [0, 0.05) is 22.7 Å². The molecule has 21 heavy (non-hydrogen) atoms. The van der Waals surface area contributed by atoms with Crippen LogP contribution in [0.25, 0.3) is 0 Å². The highest BCUT2D eigenvalue weighted by Gasteiger charge is 2.24. The minimum atomic E-state index is 0.717. The number of nitrogens with zero attached hydrogens (tertiary/aromatic N) is 1. The summed E-state index contributed by atoms with van der Waals surface area (Å²) in [6, 6.07) is 7.39. The van der Waals surface area contributed by atoms with Crippen molar-refractivity contribution < 1.29 is 0 Å². The van der Waals surface area contributed by atoms with E-state index in [1.54, 1.807) is 0 Å². The monoisotopic (exact) mass is 352 g/mol. The van der Waals surface area contributed by atoms with Crippen LogP contribution in [0.4, 0.5) is 5.69 Å². The summed E-state index contributed by atoms with van der Waals surface area (Å²) in [5, 5.41) is 0. The van der Waals surface area contributed by atoms with Gasteiger partial charge in [-0.2, -0.15) is 0 Å². The third-order valence-electron chi connectivity index (χ3n) is 4.48. The molecule has 1 aliphatic carbocycles. The van der Waals surface area contributed by atoms with Gasteiger partial charge in [-0.05, 0) is 55.8 Å². The number of nitrogens with two attached hydrogens (primary N) is 1. The van der Waals surface area contributed by atoms with Crippen LogP contribution in [0.1, 0.15) is 51.5 Å². The Morgan fingerprint density at radius 2 is 2.00 bits per heavy atom. The number of halogens is 1. The zero-order chi connectivity index (χ0) is 15.2. The second-order valence-corrected chi connectivity index (χ2v) is 7.54. The summed E-state index contributed by atoms with van der Waals surface area (Å²) in [6.45, 7) is 6.51. The highest BCUT2D eigenvalue weighted by atomic mass is 79.9. The van der Waals surface area contributed by atoms with Crippen LogP contribution in [0.3, 0.4) is 0 Å². The van der Waals surface area contributed by atoms with E-state index in [4.69, 9.17) is 5.73 Å². The van der Waals surface area contributed by atoms with E-state index in [9.17, 15) is 0 Å². The molecule has 0 saturated heterocycles. The topological polar surface area (TPSA) is 29.3 Å². The highest BCUT2D eigenvalue weighted by Crippen LogP contribution is 2.33. The zero-order valence-corrected chi connectivity index (χ0v) is 15.0. The van der Waals surface area contributed by atoms with E-state index in [0.717, 1.165) is 31.5 Å². The molecule has 2 nitrogen and oxygen atoms in total. The number of rotatable bonds is 7. The summed E-state index contributed by atoms with van der Waals surface area (Å²) >= 11 is 3.65. The van der Waals surface area contributed by atoms with E-state index in [2.05, 4.69) is 52.9 Å². The van der Waals surface area contributed by atoms with Crippen molar-refractivity contribution in [1.82, 2.24) is 0 Å². The summed E-state index contributed by atoms with van der Waals surface area (Å²) in [7, 11) is 0. The lowest BCUT2D eigenvalue weighted by Crippen LogP contribution is -2.35.